The molecule has 76 valence electrons. The molecule has 0 aliphatic rings. The van der Waals surface area contributed by atoms with Crippen LogP contribution in [-0.4, -0.2) is 24.1 Å². The Morgan fingerprint density at radius 1 is 1.53 bits per heavy atom. The van der Waals surface area contributed by atoms with E-state index in [9.17, 15) is 0 Å². The van der Waals surface area contributed by atoms with Gasteiger partial charge in [0.15, 0.2) is 0 Å². The van der Waals surface area contributed by atoms with E-state index in [4.69, 9.17) is 16.9 Å². The summed E-state index contributed by atoms with van der Waals surface area (Å²) < 4.78 is 0. The lowest BCUT2D eigenvalue weighted by molar-refractivity contribution is 1.13. The summed E-state index contributed by atoms with van der Waals surface area (Å²) in [4.78, 5) is 9.00. The quantitative estimate of drug-likeness (QED) is 0.801. The molecule has 2 aromatic rings. The molecule has 0 saturated carbocycles. The van der Waals surface area contributed by atoms with Gasteiger partial charge in [-0.2, -0.15) is 5.26 Å². The summed E-state index contributed by atoms with van der Waals surface area (Å²) in [5.41, 5.74) is 2.81. The van der Waals surface area contributed by atoms with Crippen LogP contribution in [0.1, 0.15) is 5.56 Å². The molecular weight excluding hydrogens is 212 g/mol. The highest BCUT2D eigenvalue weighted by Gasteiger charge is 2.15. The van der Waals surface area contributed by atoms with Gasteiger partial charge >= 0.3 is 0 Å². The molecule has 0 spiro atoms. The van der Waals surface area contributed by atoms with Crippen LogP contribution in [0.2, 0.25) is 5.02 Å². The first-order valence-electron chi connectivity index (χ1n) is 4.38. The van der Waals surface area contributed by atoms with Crippen molar-refractivity contribution in [1.29, 1.82) is 5.26 Å². The van der Waals surface area contributed by atoms with Gasteiger partial charge < -0.3 is 9.88 Å². The van der Waals surface area contributed by atoms with Crippen LogP contribution in [0.4, 0.5) is 5.69 Å². The summed E-state index contributed by atoms with van der Waals surface area (Å²) in [7, 11) is 3.72. The van der Waals surface area contributed by atoms with E-state index in [0.717, 1.165) is 16.7 Å². The number of hydrogen-bond acceptors (Lipinski definition) is 3. The Balaban J connectivity index is 2.91. The number of nitriles is 1. The van der Waals surface area contributed by atoms with Gasteiger partial charge in [0.1, 0.15) is 11.6 Å². The number of benzene rings is 1. The molecule has 0 aliphatic heterocycles. The maximum atomic E-state index is 9.05. The van der Waals surface area contributed by atoms with Crippen LogP contribution in [0.15, 0.2) is 12.4 Å². The van der Waals surface area contributed by atoms with Crippen molar-refractivity contribution in [3.63, 3.8) is 0 Å². The van der Waals surface area contributed by atoms with Crippen molar-refractivity contribution in [3.05, 3.63) is 23.0 Å². The number of H-pyrrole nitrogens is 1. The smallest absolute Gasteiger partial charge is 0.113 e. The third kappa shape index (κ3) is 1.41. The van der Waals surface area contributed by atoms with Crippen molar-refractivity contribution in [2.24, 2.45) is 0 Å². The van der Waals surface area contributed by atoms with Crippen molar-refractivity contribution in [1.82, 2.24) is 9.97 Å². The Bertz CT molecular complexity index is 550. The van der Waals surface area contributed by atoms with Crippen molar-refractivity contribution in [3.8, 4) is 6.07 Å². The highest BCUT2D eigenvalue weighted by atomic mass is 35.5. The number of nitrogens with zero attached hydrogens (tertiary/aromatic N) is 3. The van der Waals surface area contributed by atoms with Crippen LogP contribution in [0.3, 0.4) is 0 Å². The first kappa shape index (κ1) is 9.81. The lowest BCUT2D eigenvalue weighted by atomic mass is 10.1. The van der Waals surface area contributed by atoms with Crippen LogP contribution in [0, 0.1) is 11.3 Å². The maximum Gasteiger partial charge on any atom is 0.113 e. The Kier molecular flexibility index (Phi) is 2.25. The van der Waals surface area contributed by atoms with Crippen LogP contribution in [0.25, 0.3) is 11.0 Å². The Hall–Kier alpha value is -1.73. The summed E-state index contributed by atoms with van der Waals surface area (Å²) in [5, 5.41) is 9.49. The van der Waals surface area contributed by atoms with E-state index in [0.29, 0.717) is 10.6 Å². The third-order valence-corrected chi connectivity index (χ3v) is 2.50. The van der Waals surface area contributed by atoms with E-state index in [1.54, 1.807) is 12.4 Å². The molecule has 0 unspecified atom stereocenters. The lowest BCUT2D eigenvalue weighted by Crippen LogP contribution is -2.11. The molecule has 0 bridgehead atoms. The predicted molar refractivity (Wildman–Crippen MR) is 60.1 cm³/mol. The second-order valence-corrected chi connectivity index (χ2v) is 3.79. The standard InChI is InChI=1S/C10H9ClN4/c1-15(2)10-6(4-12)7(11)3-8-9(10)14-5-13-8/h3,5H,1-2H3,(H,13,14). The molecule has 0 aliphatic carbocycles. The van der Waals surface area contributed by atoms with E-state index in [-0.39, 0.29) is 0 Å². The minimum Gasteiger partial charge on any atom is -0.375 e. The van der Waals surface area contributed by atoms with Gasteiger partial charge in [0.05, 0.1) is 28.1 Å². The Labute approximate surface area is 92.1 Å². The summed E-state index contributed by atoms with van der Waals surface area (Å²) in [5.74, 6) is 0. The molecule has 0 amide bonds. The van der Waals surface area contributed by atoms with Crippen molar-refractivity contribution < 1.29 is 0 Å². The molecule has 0 radical (unpaired) electrons. The summed E-state index contributed by atoms with van der Waals surface area (Å²) in [6.07, 6.45) is 1.59. The van der Waals surface area contributed by atoms with Crippen LogP contribution in [0.5, 0.6) is 0 Å². The number of imidazole rings is 1. The molecule has 1 heterocycles. The van der Waals surface area contributed by atoms with Crippen molar-refractivity contribution >= 4 is 28.3 Å². The number of aromatic amines is 1. The predicted octanol–water partition coefficient (Wildman–Crippen LogP) is 2.15. The van der Waals surface area contributed by atoms with Gasteiger partial charge in [-0.25, -0.2) is 4.98 Å². The SMILES string of the molecule is CN(C)c1c(C#N)c(Cl)cc2[nH]cnc12. The van der Waals surface area contributed by atoms with E-state index < -0.39 is 0 Å². The van der Waals surface area contributed by atoms with E-state index in [1.165, 1.54) is 0 Å². The largest absolute Gasteiger partial charge is 0.375 e. The van der Waals surface area contributed by atoms with Gasteiger partial charge in [-0.05, 0) is 6.07 Å². The second kappa shape index (κ2) is 3.44. The fraction of sp³-hybridized carbons (Fsp3) is 0.200. The fourth-order valence-electron chi connectivity index (χ4n) is 1.58. The summed E-state index contributed by atoms with van der Waals surface area (Å²) in [6.45, 7) is 0. The molecule has 0 fully saturated rings. The number of rotatable bonds is 1. The zero-order valence-corrected chi connectivity index (χ0v) is 9.13. The van der Waals surface area contributed by atoms with Gasteiger partial charge in [0.2, 0.25) is 0 Å². The molecule has 2 rings (SSSR count). The topological polar surface area (TPSA) is 55.7 Å². The van der Waals surface area contributed by atoms with Gasteiger partial charge in [0, 0.05) is 14.1 Å². The number of halogens is 1. The minimum atomic E-state index is 0.443. The zero-order valence-electron chi connectivity index (χ0n) is 8.37. The number of fused-ring (bicyclic) bond motifs is 1. The molecule has 5 heteroatoms. The first-order valence-corrected chi connectivity index (χ1v) is 4.76. The molecule has 1 aromatic carbocycles. The highest BCUT2D eigenvalue weighted by Crippen LogP contribution is 2.32. The minimum absolute atomic E-state index is 0.443. The van der Waals surface area contributed by atoms with Crippen molar-refractivity contribution in [2.75, 3.05) is 19.0 Å². The zero-order chi connectivity index (χ0) is 11.0. The molecule has 1 aromatic heterocycles. The third-order valence-electron chi connectivity index (χ3n) is 2.20. The number of nitrogens with one attached hydrogen (secondary N) is 1. The van der Waals surface area contributed by atoms with Crippen LogP contribution < -0.4 is 4.90 Å². The van der Waals surface area contributed by atoms with E-state index in [1.807, 2.05) is 19.0 Å². The molecular formula is C10H9ClN4. The number of hydrogen-bond donors (Lipinski definition) is 1. The van der Waals surface area contributed by atoms with Gasteiger partial charge in [-0.15, -0.1) is 0 Å². The van der Waals surface area contributed by atoms with Crippen LogP contribution >= 0.6 is 11.6 Å². The molecule has 15 heavy (non-hydrogen) atoms. The van der Waals surface area contributed by atoms with Gasteiger partial charge in [-0.1, -0.05) is 11.6 Å². The number of aromatic nitrogens is 2. The van der Waals surface area contributed by atoms with Gasteiger partial charge in [-0.3, -0.25) is 0 Å². The monoisotopic (exact) mass is 220 g/mol. The maximum absolute atomic E-state index is 9.05. The summed E-state index contributed by atoms with van der Waals surface area (Å²) >= 11 is 6.01. The summed E-state index contributed by atoms with van der Waals surface area (Å²) in [6, 6.07) is 3.82. The van der Waals surface area contributed by atoms with Gasteiger partial charge in [0.25, 0.3) is 0 Å². The van der Waals surface area contributed by atoms with E-state index in [2.05, 4.69) is 16.0 Å². The lowest BCUT2D eigenvalue weighted by Gasteiger charge is -2.15. The molecule has 4 nitrogen and oxygen atoms in total. The van der Waals surface area contributed by atoms with E-state index >= 15 is 0 Å². The average molecular weight is 221 g/mol. The molecule has 0 atom stereocenters. The average Bonchev–Trinajstić information content (AvgIpc) is 2.62. The van der Waals surface area contributed by atoms with Crippen molar-refractivity contribution in [2.45, 2.75) is 0 Å². The highest BCUT2D eigenvalue weighted by molar-refractivity contribution is 6.33. The molecule has 1 N–H and O–H groups in total. The normalized spacial score (nSPS) is 10.3. The van der Waals surface area contributed by atoms with Crippen LogP contribution in [-0.2, 0) is 0 Å². The Morgan fingerprint density at radius 3 is 2.87 bits per heavy atom. The second-order valence-electron chi connectivity index (χ2n) is 3.39. The fourth-order valence-corrected chi connectivity index (χ4v) is 1.82. The number of anilines is 1. The molecule has 0 saturated heterocycles. The Morgan fingerprint density at radius 2 is 2.27 bits per heavy atom. The first-order chi connectivity index (χ1) is 7.15.